The van der Waals surface area contributed by atoms with E-state index in [2.05, 4.69) is 9.99 Å². The highest BCUT2D eigenvalue weighted by molar-refractivity contribution is 5.91. The number of carbonyl (C=O) groups is 1. The quantitative estimate of drug-likeness (QED) is 0.340. The van der Waals surface area contributed by atoms with Gasteiger partial charge in [-0.15, -0.1) is 0 Å². The molecule has 0 aliphatic rings. The van der Waals surface area contributed by atoms with Crippen molar-refractivity contribution in [2.24, 2.45) is 5.16 Å². The Labute approximate surface area is 140 Å². The molecule has 0 bridgehead atoms. The van der Waals surface area contributed by atoms with E-state index < -0.39 is 27.2 Å². The smallest absolute Gasteiger partial charge is 0.365 e. The normalized spacial score (nSPS) is 10.4. The maximum Gasteiger partial charge on any atom is 0.365 e. The van der Waals surface area contributed by atoms with Crippen LogP contribution in [0, 0.1) is 20.2 Å². The van der Waals surface area contributed by atoms with Crippen molar-refractivity contribution >= 4 is 23.6 Å². The van der Waals surface area contributed by atoms with Gasteiger partial charge < -0.3 is 9.57 Å². The molecule has 0 N–H and O–H groups in total. The summed E-state index contributed by atoms with van der Waals surface area (Å²) in [6.45, 7) is 0. The molecule has 0 saturated heterocycles. The maximum absolute atomic E-state index is 11.8. The standard InChI is InChI=1S/C15H11N3O7/c1-24-13-6-3-10(4-7-13)15(19)25-16-9-11-2-5-12(17(20)21)8-14(11)18(22)23/h2-9H,1H3/b16-9+. The predicted molar refractivity (Wildman–Crippen MR) is 85.8 cm³/mol. The number of nitro benzene ring substituents is 2. The van der Waals surface area contributed by atoms with Crippen LogP contribution in [0.3, 0.4) is 0 Å². The summed E-state index contributed by atoms with van der Waals surface area (Å²) in [6, 6.07) is 9.06. The number of hydrogen-bond donors (Lipinski definition) is 0. The van der Waals surface area contributed by atoms with Gasteiger partial charge in [-0.25, -0.2) is 4.79 Å². The number of hydrogen-bond acceptors (Lipinski definition) is 8. The summed E-state index contributed by atoms with van der Waals surface area (Å²) in [4.78, 5) is 36.5. The van der Waals surface area contributed by atoms with E-state index in [4.69, 9.17) is 4.74 Å². The van der Waals surface area contributed by atoms with Crippen molar-refractivity contribution in [3.63, 3.8) is 0 Å². The Morgan fingerprint density at radius 3 is 2.32 bits per heavy atom. The van der Waals surface area contributed by atoms with Crippen molar-refractivity contribution in [3.8, 4) is 5.75 Å². The van der Waals surface area contributed by atoms with Crippen LogP contribution < -0.4 is 4.74 Å². The first kappa shape index (κ1) is 17.5. The highest BCUT2D eigenvalue weighted by Gasteiger charge is 2.18. The molecule has 0 heterocycles. The fourth-order valence-electron chi connectivity index (χ4n) is 1.82. The van der Waals surface area contributed by atoms with E-state index in [1.807, 2.05) is 0 Å². The molecular formula is C15H11N3O7. The van der Waals surface area contributed by atoms with E-state index in [0.29, 0.717) is 5.75 Å². The van der Waals surface area contributed by atoms with Gasteiger partial charge in [0, 0.05) is 6.07 Å². The van der Waals surface area contributed by atoms with Gasteiger partial charge in [-0.05, 0) is 30.3 Å². The van der Waals surface area contributed by atoms with Gasteiger partial charge >= 0.3 is 5.97 Å². The highest BCUT2D eigenvalue weighted by atomic mass is 16.7. The molecule has 0 saturated carbocycles. The van der Waals surface area contributed by atoms with E-state index in [-0.39, 0.29) is 11.1 Å². The Bertz CT molecular complexity index is 847. The minimum atomic E-state index is -0.792. The maximum atomic E-state index is 11.8. The third kappa shape index (κ3) is 4.34. The zero-order valence-electron chi connectivity index (χ0n) is 12.8. The number of nitrogens with zero attached hydrogens (tertiary/aromatic N) is 3. The molecule has 0 aliphatic heterocycles. The summed E-state index contributed by atoms with van der Waals surface area (Å²) in [6.07, 6.45) is 0.934. The van der Waals surface area contributed by atoms with Crippen LogP contribution in [-0.4, -0.2) is 29.1 Å². The molecule has 0 unspecified atom stereocenters. The second kappa shape index (κ2) is 7.64. The van der Waals surface area contributed by atoms with E-state index in [1.165, 1.54) is 19.2 Å². The molecular weight excluding hydrogens is 334 g/mol. The summed E-state index contributed by atoms with van der Waals surface area (Å²) in [7, 11) is 1.48. The first-order chi connectivity index (χ1) is 11.9. The topological polar surface area (TPSA) is 134 Å². The summed E-state index contributed by atoms with van der Waals surface area (Å²) >= 11 is 0. The van der Waals surface area contributed by atoms with E-state index in [9.17, 15) is 25.0 Å². The molecule has 0 radical (unpaired) electrons. The summed E-state index contributed by atoms with van der Waals surface area (Å²) < 4.78 is 4.96. The Morgan fingerprint density at radius 1 is 1.08 bits per heavy atom. The Kier molecular flexibility index (Phi) is 5.36. The van der Waals surface area contributed by atoms with Gasteiger partial charge in [0.25, 0.3) is 11.4 Å². The molecule has 0 aliphatic carbocycles. The molecule has 2 aromatic rings. The lowest BCUT2D eigenvalue weighted by Gasteiger charge is -2.01. The number of rotatable bonds is 6. The van der Waals surface area contributed by atoms with Gasteiger partial charge in [-0.1, -0.05) is 5.16 Å². The van der Waals surface area contributed by atoms with Crippen LogP contribution in [0.15, 0.2) is 47.6 Å². The van der Waals surface area contributed by atoms with E-state index in [1.54, 1.807) is 12.1 Å². The monoisotopic (exact) mass is 345 g/mol. The van der Waals surface area contributed by atoms with Crippen LogP contribution in [-0.2, 0) is 4.84 Å². The van der Waals surface area contributed by atoms with Crippen LogP contribution in [0.1, 0.15) is 15.9 Å². The van der Waals surface area contributed by atoms with Crippen molar-refractivity contribution < 1.29 is 24.2 Å². The van der Waals surface area contributed by atoms with Crippen molar-refractivity contribution in [3.05, 3.63) is 73.8 Å². The number of non-ortho nitro benzene ring substituents is 1. The largest absolute Gasteiger partial charge is 0.497 e. The molecule has 0 amide bonds. The van der Waals surface area contributed by atoms with Crippen LogP contribution in [0.25, 0.3) is 0 Å². The van der Waals surface area contributed by atoms with Crippen molar-refractivity contribution in [1.29, 1.82) is 0 Å². The van der Waals surface area contributed by atoms with Gasteiger partial charge in [0.15, 0.2) is 0 Å². The van der Waals surface area contributed by atoms with E-state index >= 15 is 0 Å². The third-order valence-corrected chi connectivity index (χ3v) is 3.07. The molecule has 0 fully saturated rings. The van der Waals surface area contributed by atoms with Gasteiger partial charge in [-0.2, -0.15) is 0 Å². The van der Waals surface area contributed by atoms with Crippen molar-refractivity contribution in [2.75, 3.05) is 7.11 Å². The first-order valence-corrected chi connectivity index (χ1v) is 6.74. The zero-order chi connectivity index (χ0) is 18.4. The molecule has 0 aromatic heterocycles. The Morgan fingerprint density at radius 2 is 1.76 bits per heavy atom. The van der Waals surface area contributed by atoms with Gasteiger partial charge in [0.05, 0.1) is 40.4 Å². The van der Waals surface area contributed by atoms with Crippen LogP contribution in [0.2, 0.25) is 0 Å². The Hall–Kier alpha value is -3.82. The minimum absolute atomic E-state index is 0.0434. The molecule has 10 nitrogen and oxygen atoms in total. The molecule has 2 aromatic carbocycles. The van der Waals surface area contributed by atoms with Gasteiger partial charge in [0.2, 0.25) is 0 Å². The summed E-state index contributed by atoms with van der Waals surface area (Å²) in [5.41, 5.74) is -0.799. The van der Waals surface area contributed by atoms with Crippen molar-refractivity contribution in [2.45, 2.75) is 0 Å². The number of nitro groups is 2. The fraction of sp³-hybridized carbons (Fsp3) is 0.0667. The van der Waals surface area contributed by atoms with Crippen LogP contribution in [0.4, 0.5) is 11.4 Å². The second-order valence-corrected chi connectivity index (χ2v) is 4.60. The summed E-state index contributed by atoms with van der Waals surface area (Å²) in [5.74, 6) is -0.218. The zero-order valence-corrected chi connectivity index (χ0v) is 12.8. The second-order valence-electron chi connectivity index (χ2n) is 4.60. The van der Waals surface area contributed by atoms with Gasteiger partial charge in [0.1, 0.15) is 5.75 Å². The average Bonchev–Trinajstić information content (AvgIpc) is 2.61. The fourth-order valence-corrected chi connectivity index (χ4v) is 1.82. The van der Waals surface area contributed by atoms with E-state index in [0.717, 1.165) is 24.4 Å². The molecule has 25 heavy (non-hydrogen) atoms. The molecule has 10 heteroatoms. The third-order valence-electron chi connectivity index (χ3n) is 3.07. The number of benzene rings is 2. The lowest BCUT2D eigenvalue weighted by atomic mass is 10.2. The SMILES string of the molecule is COc1ccc(C(=O)O/N=C/c2ccc([N+](=O)[O-])cc2[N+](=O)[O-])cc1. The number of oxime groups is 1. The number of methoxy groups -OCH3 is 1. The first-order valence-electron chi connectivity index (χ1n) is 6.74. The van der Waals surface area contributed by atoms with Crippen LogP contribution >= 0.6 is 0 Å². The molecule has 0 atom stereocenters. The minimum Gasteiger partial charge on any atom is -0.497 e. The lowest BCUT2D eigenvalue weighted by molar-refractivity contribution is -0.394. The van der Waals surface area contributed by atoms with Crippen LogP contribution in [0.5, 0.6) is 5.75 Å². The Balaban J connectivity index is 2.14. The molecule has 2 rings (SSSR count). The predicted octanol–water partition coefficient (Wildman–Crippen LogP) is 2.70. The molecule has 0 spiro atoms. The number of carbonyl (C=O) groups excluding carboxylic acids is 1. The molecule has 128 valence electrons. The summed E-state index contributed by atoms with van der Waals surface area (Å²) in [5, 5.41) is 25.0. The average molecular weight is 345 g/mol. The lowest BCUT2D eigenvalue weighted by Crippen LogP contribution is -2.02. The highest BCUT2D eigenvalue weighted by Crippen LogP contribution is 2.23. The number of ether oxygens (including phenoxy) is 1. The van der Waals surface area contributed by atoms with Gasteiger partial charge in [-0.3, -0.25) is 20.2 Å². The van der Waals surface area contributed by atoms with Crippen molar-refractivity contribution in [1.82, 2.24) is 0 Å².